The first-order valence-electron chi connectivity index (χ1n) is 10.5. The monoisotopic (exact) mass is 490 g/mol. The molecule has 0 saturated carbocycles. The minimum Gasteiger partial charge on any atom is -0.394 e. The fraction of sp³-hybridized carbons (Fsp3) is 0.737. The molecule has 2 fully saturated rings. The van der Waals surface area contributed by atoms with Crippen LogP contribution in [0.25, 0.3) is 0 Å². The molecule has 2 aliphatic rings. The van der Waals surface area contributed by atoms with Crippen molar-refractivity contribution in [2.45, 2.75) is 74.8 Å². The van der Waals surface area contributed by atoms with Crippen molar-refractivity contribution in [2.75, 3.05) is 13.2 Å². The number of aliphatic hydroxyl groups is 7. The maximum Gasteiger partial charge on any atom is 0.246 e. The first-order chi connectivity index (χ1) is 16.1. The molecule has 0 spiro atoms. The van der Waals surface area contributed by atoms with Crippen molar-refractivity contribution in [1.29, 1.82) is 0 Å². The van der Waals surface area contributed by atoms with Crippen LogP contribution >= 0.6 is 0 Å². The lowest BCUT2D eigenvalue weighted by molar-refractivity contribution is -0.347. The molecule has 3 rings (SSSR count). The molecule has 192 valence electrons. The minimum atomic E-state index is -1.76. The second-order valence-electron chi connectivity index (χ2n) is 8.18. The molecule has 0 aromatic carbocycles. The van der Waals surface area contributed by atoms with Crippen molar-refractivity contribution in [3.05, 3.63) is 24.0 Å². The molecule has 10 atom stereocenters. The van der Waals surface area contributed by atoms with Gasteiger partial charge in [-0.3, -0.25) is 4.79 Å². The van der Waals surface area contributed by atoms with Crippen LogP contribution in [0.15, 0.2) is 18.3 Å². The fourth-order valence-corrected chi connectivity index (χ4v) is 3.63. The maximum atomic E-state index is 11.6. The standard InChI is InChI=1S/C19H30N4O11/c1-7(2)17(31)20-3-8-4-23(22-21-8)18-14(29)13(28)16(10(6-25)32-18)34-19-15(30)12(27)11(26)9(5-24)33-19/h4,9-16,18-19,24-30H,1,3,5-6H2,2H3,(H,20,31)/t9-,10-,11+,12+,13-,14-,15-,16-,18-,19+/m1/s1. The van der Waals surface area contributed by atoms with Crippen molar-refractivity contribution < 1.29 is 54.8 Å². The highest BCUT2D eigenvalue weighted by atomic mass is 16.7. The molecular weight excluding hydrogens is 460 g/mol. The summed E-state index contributed by atoms with van der Waals surface area (Å²) in [6.45, 7) is 3.70. The van der Waals surface area contributed by atoms with E-state index >= 15 is 0 Å². The van der Waals surface area contributed by atoms with E-state index in [-0.39, 0.29) is 12.5 Å². The van der Waals surface area contributed by atoms with E-state index in [1.807, 2.05) is 0 Å². The highest BCUT2D eigenvalue weighted by molar-refractivity contribution is 5.91. The summed E-state index contributed by atoms with van der Waals surface area (Å²) in [6.07, 6.45) is -13.9. The number of nitrogens with one attached hydrogen (secondary N) is 1. The van der Waals surface area contributed by atoms with Crippen molar-refractivity contribution in [3.8, 4) is 0 Å². The third-order valence-electron chi connectivity index (χ3n) is 5.62. The highest BCUT2D eigenvalue weighted by Gasteiger charge is 2.51. The summed E-state index contributed by atoms with van der Waals surface area (Å²) in [7, 11) is 0. The van der Waals surface area contributed by atoms with E-state index in [4.69, 9.17) is 14.2 Å². The van der Waals surface area contributed by atoms with Crippen LogP contribution in [0.5, 0.6) is 0 Å². The zero-order chi connectivity index (χ0) is 25.2. The summed E-state index contributed by atoms with van der Waals surface area (Å²) < 4.78 is 17.5. The molecule has 1 aromatic heterocycles. The molecule has 0 unspecified atom stereocenters. The summed E-state index contributed by atoms with van der Waals surface area (Å²) in [6, 6.07) is 0. The lowest BCUT2D eigenvalue weighted by Gasteiger charge is -2.45. The molecule has 0 bridgehead atoms. The van der Waals surface area contributed by atoms with E-state index in [0.717, 1.165) is 4.68 Å². The van der Waals surface area contributed by atoms with Gasteiger partial charge in [0.1, 0.15) is 54.5 Å². The average Bonchev–Trinajstić information content (AvgIpc) is 3.29. The predicted molar refractivity (Wildman–Crippen MR) is 108 cm³/mol. The molecule has 3 heterocycles. The normalized spacial score (nSPS) is 38.5. The number of ether oxygens (including phenoxy) is 3. The second-order valence-corrected chi connectivity index (χ2v) is 8.18. The van der Waals surface area contributed by atoms with Crippen molar-refractivity contribution >= 4 is 5.91 Å². The van der Waals surface area contributed by atoms with E-state index in [1.165, 1.54) is 13.1 Å². The number of rotatable bonds is 8. The minimum absolute atomic E-state index is 0.0172. The summed E-state index contributed by atoms with van der Waals surface area (Å²) in [4.78, 5) is 11.6. The second kappa shape index (κ2) is 11.1. The molecule has 0 aliphatic carbocycles. The third kappa shape index (κ3) is 5.44. The Bertz CT molecular complexity index is 850. The lowest BCUT2D eigenvalue weighted by atomic mass is 9.96. The summed E-state index contributed by atoms with van der Waals surface area (Å²) >= 11 is 0. The van der Waals surface area contributed by atoms with Crippen molar-refractivity contribution in [1.82, 2.24) is 20.3 Å². The number of hydrogen-bond acceptors (Lipinski definition) is 13. The van der Waals surface area contributed by atoms with Crippen molar-refractivity contribution in [3.63, 3.8) is 0 Å². The van der Waals surface area contributed by atoms with Crippen LogP contribution in [0.4, 0.5) is 0 Å². The van der Waals surface area contributed by atoms with Crippen LogP contribution in [0.2, 0.25) is 0 Å². The zero-order valence-corrected chi connectivity index (χ0v) is 18.3. The third-order valence-corrected chi connectivity index (χ3v) is 5.62. The smallest absolute Gasteiger partial charge is 0.246 e. The van der Waals surface area contributed by atoms with Gasteiger partial charge < -0.3 is 55.3 Å². The van der Waals surface area contributed by atoms with Crippen LogP contribution in [0.3, 0.4) is 0 Å². The van der Waals surface area contributed by atoms with Crippen LogP contribution in [-0.2, 0) is 25.5 Å². The molecule has 2 aliphatic heterocycles. The van der Waals surface area contributed by atoms with E-state index in [0.29, 0.717) is 11.3 Å². The Kier molecular flexibility index (Phi) is 8.69. The number of carbonyl (C=O) groups excluding carboxylic acids is 1. The van der Waals surface area contributed by atoms with E-state index in [9.17, 15) is 40.5 Å². The van der Waals surface area contributed by atoms with Crippen molar-refractivity contribution in [2.24, 2.45) is 0 Å². The number of hydrogen-bond donors (Lipinski definition) is 8. The number of aromatic nitrogens is 3. The molecule has 15 heteroatoms. The first-order valence-corrected chi connectivity index (χ1v) is 10.5. The van der Waals surface area contributed by atoms with Crippen LogP contribution in [0, 0.1) is 0 Å². The molecule has 1 amide bonds. The number of nitrogens with zero attached hydrogens (tertiary/aromatic N) is 3. The van der Waals surface area contributed by atoms with Gasteiger partial charge in [0, 0.05) is 5.57 Å². The van der Waals surface area contributed by atoms with Crippen LogP contribution < -0.4 is 5.32 Å². The molecular formula is C19H30N4O11. The molecule has 2 saturated heterocycles. The Morgan fingerprint density at radius 2 is 1.74 bits per heavy atom. The Morgan fingerprint density at radius 3 is 2.35 bits per heavy atom. The SMILES string of the molecule is C=C(C)C(=O)NCc1cn([C@@H]2O[C@H](CO)[C@@H](O[C@@H]3O[C@H](CO)[C@H](O)[C@H](O)[C@H]3O)[C@H](O)[C@H]2O)nn1. The Labute approximate surface area is 193 Å². The van der Waals surface area contributed by atoms with E-state index in [2.05, 4.69) is 22.2 Å². The molecule has 15 nitrogen and oxygen atoms in total. The van der Waals surface area contributed by atoms with Crippen LogP contribution in [-0.4, -0.2) is 125 Å². The Hall–Kier alpha value is -2.05. The number of carbonyl (C=O) groups is 1. The molecule has 0 radical (unpaired) electrons. The molecule has 8 N–H and O–H groups in total. The van der Waals surface area contributed by atoms with Gasteiger partial charge in [0.25, 0.3) is 0 Å². The summed E-state index contributed by atoms with van der Waals surface area (Å²) in [5.74, 6) is -0.382. The Balaban J connectivity index is 1.70. The Morgan fingerprint density at radius 1 is 1.06 bits per heavy atom. The lowest BCUT2D eigenvalue weighted by Crippen LogP contribution is -2.63. The topological polar surface area (TPSA) is 229 Å². The molecule has 34 heavy (non-hydrogen) atoms. The van der Waals surface area contributed by atoms with Gasteiger partial charge in [-0.15, -0.1) is 5.10 Å². The van der Waals surface area contributed by atoms with Gasteiger partial charge in [-0.2, -0.15) is 0 Å². The van der Waals surface area contributed by atoms with Gasteiger partial charge >= 0.3 is 0 Å². The number of amides is 1. The quantitative estimate of drug-likeness (QED) is 0.160. The highest BCUT2D eigenvalue weighted by Crippen LogP contribution is 2.32. The van der Waals surface area contributed by atoms with E-state index in [1.54, 1.807) is 0 Å². The van der Waals surface area contributed by atoms with Gasteiger partial charge in [0.2, 0.25) is 5.91 Å². The average molecular weight is 490 g/mol. The van der Waals surface area contributed by atoms with Gasteiger partial charge in [0.15, 0.2) is 12.5 Å². The summed E-state index contributed by atoms with van der Waals surface area (Å²) in [5, 5.41) is 80.6. The fourth-order valence-electron chi connectivity index (χ4n) is 3.63. The van der Waals surface area contributed by atoms with Crippen LogP contribution in [0.1, 0.15) is 18.8 Å². The van der Waals surface area contributed by atoms with Gasteiger partial charge in [0.05, 0.1) is 26.0 Å². The largest absolute Gasteiger partial charge is 0.394 e. The first kappa shape index (κ1) is 26.6. The van der Waals surface area contributed by atoms with Gasteiger partial charge in [-0.05, 0) is 6.92 Å². The predicted octanol–water partition coefficient (Wildman–Crippen LogP) is -4.73. The zero-order valence-electron chi connectivity index (χ0n) is 18.3. The van der Waals surface area contributed by atoms with Gasteiger partial charge in [-0.1, -0.05) is 11.8 Å². The summed E-state index contributed by atoms with van der Waals surface area (Å²) in [5.41, 5.74) is 0.623. The molecule has 1 aromatic rings. The maximum absolute atomic E-state index is 11.6. The number of aliphatic hydroxyl groups excluding tert-OH is 7. The van der Waals surface area contributed by atoms with E-state index < -0.39 is 74.6 Å². The van der Waals surface area contributed by atoms with Gasteiger partial charge in [-0.25, -0.2) is 4.68 Å².